The number of rotatable bonds is 1. The quantitative estimate of drug-likeness (QED) is 0.636. The van der Waals surface area contributed by atoms with Gasteiger partial charge in [0.05, 0.1) is 0 Å². The Balaban J connectivity index is 1.87. The summed E-state index contributed by atoms with van der Waals surface area (Å²) in [7, 11) is 0. The maximum absolute atomic E-state index is 9.55. The predicted octanol–water partition coefficient (Wildman–Crippen LogP) is 2.00. The summed E-state index contributed by atoms with van der Waals surface area (Å²) in [5.41, 5.74) is 0. The van der Waals surface area contributed by atoms with Gasteiger partial charge in [0.15, 0.2) is 5.79 Å². The maximum Gasteiger partial charge on any atom is 0.198 e. The second-order valence-electron chi connectivity index (χ2n) is 4.50. The van der Waals surface area contributed by atoms with Crippen molar-refractivity contribution < 1.29 is 14.9 Å². The molecule has 1 aliphatic heterocycles. The van der Waals surface area contributed by atoms with Gasteiger partial charge in [0.2, 0.25) is 0 Å². The number of aliphatic hydroxyl groups is 1. The summed E-state index contributed by atoms with van der Waals surface area (Å²) in [5.74, 6) is -0.454. The zero-order chi connectivity index (χ0) is 9.31. The van der Waals surface area contributed by atoms with Gasteiger partial charge in [-0.15, -0.1) is 0 Å². The normalized spacial score (nSPS) is 42.5. The van der Waals surface area contributed by atoms with Crippen molar-refractivity contribution in [2.45, 2.75) is 57.3 Å². The molecule has 2 aliphatic rings. The van der Waals surface area contributed by atoms with Crippen molar-refractivity contribution in [1.29, 1.82) is 0 Å². The molecule has 0 spiro atoms. The first-order valence-electron chi connectivity index (χ1n) is 5.24. The van der Waals surface area contributed by atoms with Crippen LogP contribution >= 0.6 is 0 Å². The van der Waals surface area contributed by atoms with Crippen LogP contribution in [-0.2, 0) is 9.78 Å². The first-order valence-corrected chi connectivity index (χ1v) is 5.24. The van der Waals surface area contributed by atoms with Crippen LogP contribution in [0.5, 0.6) is 0 Å². The van der Waals surface area contributed by atoms with Crippen molar-refractivity contribution >= 4 is 0 Å². The highest BCUT2D eigenvalue weighted by atomic mass is 17.2. The van der Waals surface area contributed by atoms with Crippen molar-refractivity contribution in [2.75, 3.05) is 0 Å². The molecule has 1 saturated heterocycles. The van der Waals surface area contributed by atoms with E-state index in [1.807, 2.05) is 0 Å². The number of hydrogen-bond acceptors (Lipinski definition) is 3. The van der Waals surface area contributed by atoms with Crippen LogP contribution in [0.4, 0.5) is 0 Å². The monoisotopic (exact) mass is 186 g/mol. The van der Waals surface area contributed by atoms with E-state index in [0.717, 1.165) is 0 Å². The molecule has 0 radical (unpaired) electrons. The third-order valence-corrected chi connectivity index (χ3v) is 3.11. The lowest BCUT2D eigenvalue weighted by Gasteiger charge is -2.24. The smallest absolute Gasteiger partial charge is 0.198 e. The summed E-state index contributed by atoms with van der Waals surface area (Å²) < 4.78 is 0. The molecule has 1 heterocycles. The van der Waals surface area contributed by atoms with Crippen LogP contribution in [0.3, 0.4) is 0 Å². The van der Waals surface area contributed by atoms with E-state index in [1.54, 1.807) is 6.92 Å². The second kappa shape index (κ2) is 3.56. The minimum Gasteiger partial charge on any atom is -0.363 e. The predicted molar refractivity (Wildman–Crippen MR) is 47.8 cm³/mol. The van der Waals surface area contributed by atoms with Gasteiger partial charge in [-0.05, 0) is 25.7 Å². The van der Waals surface area contributed by atoms with Gasteiger partial charge in [0, 0.05) is 6.42 Å². The Hall–Kier alpha value is -0.120. The zero-order valence-electron chi connectivity index (χ0n) is 8.16. The molecule has 2 atom stereocenters. The minimum absolute atomic E-state index is 0.121. The third kappa shape index (κ3) is 2.22. The highest BCUT2D eigenvalue weighted by molar-refractivity contribution is 4.80. The summed E-state index contributed by atoms with van der Waals surface area (Å²) in [5, 5.41) is 9.55. The first kappa shape index (κ1) is 9.44. The zero-order valence-corrected chi connectivity index (χ0v) is 8.16. The first-order chi connectivity index (χ1) is 6.17. The van der Waals surface area contributed by atoms with Crippen LogP contribution < -0.4 is 0 Å². The molecule has 13 heavy (non-hydrogen) atoms. The number of hydrogen-bond donors (Lipinski definition) is 1. The van der Waals surface area contributed by atoms with Gasteiger partial charge < -0.3 is 5.11 Å². The fourth-order valence-electron chi connectivity index (χ4n) is 2.36. The summed E-state index contributed by atoms with van der Waals surface area (Å²) in [4.78, 5) is 10.0. The molecule has 76 valence electrons. The average Bonchev–Trinajstić information content (AvgIpc) is 2.48. The molecular formula is C10H18O3. The topological polar surface area (TPSA) is 38.7 Å². The van der Waals surface area contributed by atoms with Crippen molar-refractivity contribution in [3.8, 4) is 0 Å². The van der Waals surface area contributed by atoms with Crippen molar-refractivity contribution in [2.24, 2.45) is 5.92 Å². The molecule has 0 amide bonds. The molecule has 3 nitrogen and oxygen atoms in total. The van der Waals surface area contributed by atoms with Crippen molar-refractivity contribution in [3.05, 3.63) is 0 Å². The van der Waals surface area contributed by atoms with Crippen LogP contribution in [0.15, 0.2) is 0 Å². The summed E-state index contributed by atoms with van der Waals surface area (Å²) >= 11 is 0. The largest absolute Gasteiger partial charge is 0.363 e. The minimum atomic E-state index is -1.05. The lowest BCUT2D eigenvalue weighted by atomic mass is 9.83. The standard InChI is InChI=1S/C10H18O3/c1-10(11)7-9(12-13-10)8-5-3-2-4-6-8/h8-9,11H,2-7H2,1H3/t9-,10-/m0/s1. The van der Waals surface area contributed by atoms with Gasteiger partial charge in [-0.1, -0.05) is 19.3 Å². The molecule has 1 aliphatic carbocycles. The van der Waals surface area contributed by atoms with Gasteiger partial charge in [0.25, 0.3) is 0 Å². The second-order valence-corrected chi connectivity index (χ2v) is 4.50. The molecular weight excluding hydrogens is 168 g/mol. The summed E-state index contributed by atoms with van der Waals surface area (Å²) in [6.07, 6.45) is 7.14. The maximum atomic E-state index is 9.55. The molecule has 2 rings (SSSR count). The van der Waals surface area contributed by atoms with Crippen LogP contribution in [0.1, 0.15) is 45.4 Å². The van der Waals surface area contributed by atoms with Crippen LogP contribution in [0.2, 0.25) is 0 Å². The molecule has 1 saturated carbocycles. The Morgan fingerprint density at radius 1 is 1.23 bits per heavy atom. The molecule has 0 aromatic carbocycles. The Bertz CT molecular complexity index is 173. The van der Waals surface area contributed by atoms with E-state index in [1.165, 1.54) is 32.1 Å². The average molecular weight is 186 g/mol. The van der Waals surface area contributed by atoms with E-state index in [2.05, 4.69) is 0 Å². The van der Waals surface area contributed by atoms with E-state index >= 15 is 0 Å². The lowest BCUT2D eigenvalue weighted by Crippen LogP contribution is -2.26. The van der Waals surface area contributed by atoms with Gasteiger partial charge >= 0.3 is 0 Å². The molecule has 2 fully saturated rings. The van der Waals surface area contributed by atoms with Crippen molar-refractivity contribution in [3.63, 3.8) is 0 Å². The van der Waals surface area contributed by atoms with Gasteiger partial charge in [-0.2, -0.15) is 0 Å². The van der Waals surface area contributed by atoms with Crippen LogP contribution in [0.25, 0.3) is 0 Å². The van der Waals surface area contributed by atoms with E-state index < -0.39 is 5.79 Å². The summed E-state index contributed by atoms with van der Waals surface area (Å²) in [6, 6.07) is 0. The SMILES string of the molecule is C[C@@]1(O)C[C@@H](C2CCCCC2)OO1. The van der Waals surface area contributed by atoms with Gasteiger partial charge in [-0.25, -0.2) is 9.78 Å². The summed E-state index contributed by atoms with van der Waals surface area (Å²) in [6.45, 7) is 1.66. The molecule has 0 aromatic heterocycles. The Morgan fingerprint density at radius 2 is 1.92 bits per heavy atom. The van der Waals surface area contributed by atoms with E-state index in [0.29, 0.717) is 12.3 Å². The fourth-order valence-corrected chi connectivity index (χ4v) is 2.36. The molecule has 0 aromatic rings. The van der Waals surface area contributed by atoms with Crippen LogP contribution in [-0.4, -0.2) is 17.0 Å². The van der Waals surface area contributed by atoms with Crippen LogP contribution in [0, 0.1) is 5.92 Å². The highest BCUT2D eigenvalue weighted by Gasteiger charge is 2.40. The van der Waals surface area contributed by atoms with Crippen molar-refractivity contribution in [1.82, 2.24) is 0 Å². The Labute approximate surface area is 79.0 Å². The van der Waals surface area contributed by atoms with E-state index in [4.69, 9.17) is 9.78 Å². The lowest BCUT2D eigenvalue weighted by molar-refractivity contribution is -0.376. The molecule has 0 unspecified atom stereocenters. The highest BCUT2D eigenvalue weighted by Crippen LogP contribution is 2.36. The van der Waals surface area contributed by atoms with Gasteiger partial charge in [0.1, 0.15) is 6.10 Å². The molecule has 1 N–H and O–H groups in total. The fraction of sp³-hybridized carbons (Fsp3) is 1.00. The molecule has 0 bridgehead atoms. The Morgan fingerprint density at radius 3 is 2.46 bits per heavy atom. The molecule has 3 heteroatoms. The third-order valence-electron chi connectivity index (χ3n) is 3.11. The van der Waals surface area contributed by atoms with Gasteiger partial charge in [-0.3, -0.25) is 0 Å². The Kier molecular flexibility index (Phi) is 2.58. The van der Waals surface area contributed by atoms with E-state index in [-0.39, 0.29) is 6.10 Å². The van der Waals surface area contributed by atoms with E-state index in [9.17, 15) is 5.11 Å².